The largest absolute Gasteiger partial charge is 0.327 e. The predicted octanol–water partition coefficient (Wildman–Crippen LogP) is 0.175. The van der Waals surface area contributed by atoms with Crippen molar-refractivity contribution in [3.05, 3.63) is 29.8 Å². The van der Waals surface area contributed by atoms with E-state index in [2.05, 4.69) is 11.4 Å². The fraction of sp³-hybridized carbons (Fsp3) is 0.385. The van der Waals surface area contributed by atoms with Gasteiger partial charge in [0.05, 0.1) is 24.7 Å². The predicted molar refractivity (Wildman–Crippen MR) is 64.6 cm³/mol. The van der Waals surface area contributed by atoms with E-state index in [-0.39, 0.29) is 5.91 Å². The maximum Gasteiger partial charge on any atom is 0.279 e. The van der Waals surface area contributed by atoms with Crippen LogP contribution in [0.25, 0.3) is 0 Å². The minimum atomic E-state index is 0.0250. The van der Waals surface area contributed by atoms with Gasteiger partial charge in [-0.15, -0.1) is 0 Å². The number of carbonyl (C=O) groups excluding carboxylic acids is 1. The van der Waals surface area contributed by atoms with Crippen molar-refractivity contribution in [2.75, 3.05) is 25.0 Å². The van der Waals surface area contributed by atoms with E-state index >= 15 is 0 Å². The van der Waals surface area contributed by atoms with Gasteiger partial charge in [-0.1, -0.05) is 6.07 Å². The lowest BCUT2D eigenvalue weighted by atomic mass is 10.2. The van der Waals surface area contributed by atoms with Crippen LogP contribution in [0.1, 0.15) is 18.4 Å². The van der Waals surface area contributed by atoms with Crippen LogP contribution in [0.3, 0.4) is 0 Å². The molecule has 0 aliphatic carbocycles. The van der Waals surface area contributed by atoms with Gasteiger partial charge in [0.1, 0.15) is 0 Å². The first-order valence-electron chi connectivity index (χ1n) is 5.91. The number of amides is 1. The highest BCUT2D eigenvalue weighted by Gasteiger charge is 2.18. The van der Waals surface area contributed by atoms with Gasteiger partial charge in [0.2, 0.25) is 0 Å². The summed E-state index contributed by atoms with van der Waals surface area (Å²) < 4.78 is 0. The smallest absolute Gasteiger partial charge is 0.279 e. The van der Waals surface area contributed by atoms with Crippen molar-refractivity contribution in [3.8, 4) is 6.07 Å². The Morgan fingerprint density at radius 3 is 2.88 bits per heavy atom. The van der Waals surface area contributed by atoms with Gasteiger partial charge in [0.15, 0.2) is 6.54 Å². The highest BCUT2D eigenvalue weighted by Crippen LogP contribution is 2.09. The van der Waals surface area contributed by atoms with Crippen molar-refractivity contribution in [1.82, 2.24) is 0 Å². The van der Waals surface area contributed by atoms with Crippen LogP contribution in [0, 0.1) is 11.3 Å². The number of hydrogen-bond acceptors (Lipinski definition) is 2. The third kappa shape index (κ3) is 3.30. The fourth-order valence-corrected chi connectivity index (χ4v) is 2.15. The van der Waals surface area contributed by atoms with Crippen LogP contribution in [0.2, 0.25) is 0 Å². The molecule has 1 aliphatic heterocycles. The normalized spacial score (nSPS) is 15.5. The van der Waals surface area contributed by atoms with Crippen LogP contribution < -0.4 is 10.2 Å². The SMILES string of the molecule is N#Cc1cccc(NC(=O)C[NH+]2CCCC2)c1. The number of rotatable bonds is 3. The number of quaternary nitrogens is 1. The Balaban J connectivity index is 1.91. The molecule has 0 unspecified atom stereocenters. The number of nitriles is 1. The molecule has 1 heterocycles. The van der Waals surface area contributed by atoms with Crippen molar-refractivity contribution in [1.29, 1.82) is 5.26 Å². The maximum absolute atomic E-state index is 11.8. The average Bonchev–Trinajstić information content (AvgIpc) is 2.82. The van der Waals surface area contributed by atoms with Crippen LogP contribution >= 0.6 is 0 Å². The molecule has 2 N–H and O–H groups in total. The second kappa shape index (κ2) is 5.46. The molecular formula is C13H16N3O+. The molecule has 1 amide bonds. The van der Waals surface area contributed by atoms with Crippen LogP contribution in [-0.2, 0) is 4.79 Å². The molecule has 88 valence electrons. The Morgan fingerprint density at radius 2 is 2.18 bits per heavy atom. The summed E-state index contributed by atoms with van der Waals surface area (Å²) in [4.78, 5) is 13.1. The first-order valence-corrected chi connectivity index (χ1v) is 5.91. The molecule has 0 atom stereocenters. The molecule has 17 heavy (non-hydrogen) atoms. The van der Waals surface area contributed by atoms with Gasteiger partial charge in [-0.2, -0.15) is 5.26 Å². The van der Waals surface area contributed by atoms with Gasteiger partial charge < -0.3 is 10.2 Å². The molecule has 2 rings (SSSR count). The molecular weight excluding hydrogens is 214 g/mol. The van der Waals surface area contributed by atoms with E-state index in [9.17, 15) is 4.79 Å². The topological polar surface area (TPSA) is 57.3 Å². The lowest BCUT2D eigenvalue weighted by molar-refractivity contribution is -0.878. The Labute approximate surface area is 101 Å². The maximum atomic E-state index is 11.8. The zero-order valence-corrected chi connectivity index (χ0v) is 9.70. The summed E-state index contributed by atoms with van der Waals surface area (Å²) >= 11 is 0. The molecule has 1 aromatic carbocycles. The van der Waals surface area contributed by atoms with Gasteiger partial charge in [0, 0.05) is 18.5 Å². The minimum absolute atomic E-state index is 0.0250. The number of anilines is 1. The summed E-state index contributed by atoms with van der Waals surface area (Å²) in [5.41, 5.74) is 1.27. The molecule has 4 heteroatoms. The average molecular weight is 230 g/mol. The van der Waals surface area contributed by atoms with E-state index in [0.29, 0.717) is 17.8 Å². The van der Waals surface area contributed by atoms with Crippen LogP contribution in [0.5, 0.6) is 0 Å². The van der Waals surface area contributed by atoms with Gasteiger partial charge in [-0.25, -0.2) is 0 Å². The van der Waals surface area contributed by atoms with Gasteiger partial charge in [-0.05, 0) is 18.2 Å². The zero-order chi connectivity index (χ0) is 12.1. The summed E-state index contributed by atoms with van der Waals surface area (Å²) in [7, 11) is 0. The second-order valence-electron chi connectivity index (χ2n) is 4.37. The molecule has 0 aromatic heterocycles. The third-order valence-electron chi connectivity index (χ3n) is 3.00. The number of benzene rings is 1. The van der Waals surface area contributed by atoms with Crippen molar-refractivity contribution in [2.24, 2.45) is 0 Å². The molecule has 1 aromatic rings. The molecule has 0 radical (unpaired) electrons. The highest BCUT2D eigenvalue weighted by atomic mass is 16.2. The fourth-order valence-electron chi connectivity index (χ4n) is 2.15. The Bertz CT molecular complexity index is 444. The van der Waals surface area contributed by atoms with E-state index in [1.54, 1.807) is 24.3 Å². The molecule has 4 nitrogen and oxygen atoms in total. The highest BCUT2D eigenvalue weighted by molar-refractivity contribution is 5.91. The first-order chi connectivity index (χ1) is 8.28. The van der Waals surface area contributed by atoms with Crippen LogP contribution in [0.4, 0.5) is 5.69 Å². The molecule has 1 aliphatic rings. The van der Waals surface area contributed by atoms with E-state index in [4.69, 9.17) is 5.26 Å². The van der Waals surface area contributed by atoms with Crippen molar-refractivity contribution < 1.29 is 9.69 Å². The molecule has 0 saturated carbocycles. The van der Waals surface area contributed by atoms with Gasteiger partial charge in [-0.3, -0.25) is 4.79 Å². The third-order valence-corrected chi connectivity index (χ3v) is 3.00. The number of nitrogens with one attached hydrogen (secondary N) is 2. The van der Waals surface area contributed by atoms with Crippen molar-refractivity contribution >= 4 is 11.6 Å². The number of carbonyl (C=O) groups is 1. The number of hydrogen-bond donors (Lipinski definition) is 2. The lowest BCUT2D eigenvalue weighted by Gasteiger charge is -2.11. The van der Waals surface area contributed by atoms with Crippen LogP contribution in [0.15, 0.2) is 24.3 Å². The first kappa shape index (κ1) is 11.6. The molecule has 1 fully saturated rings. The van der Waals surface area contributed by atoms with Gasteiger partial charge >= 0.3 is 0 Å². The number of likely N-dealkylation sites (tertiary alicyclic amines) is 1. The Morgan fingerprint density at radius 1 is 1.41 bits per heavy atom. The number of nitrogens with zero attached hydrogens (tertiary/aromatic N) is 1. The molecule has 0 bridgehead atoms. The van der Waals surface area contributed by atoms with E-state index in [1.807, 2.05) is 0 Å². The summed E-state index contributed by atoms with van der Waals surface area (Å²) in [6.07, 6.45) is 2.43. The Kier molecular flexibility index (Phi) is 3.73. The standard InChI is InChI=1S/C13H15N3O/c14-9-11-4-3-5-12(8-11)15-13(17)10-16-6-1-2-7-16/h3-5,8H,1-2,6-7,10H2,(H,15,17)/p+1. The van der Waals surface area contributed by atoms with E-state index in [1.165, 1.54) is 17.7 Å². The summed E-state index contributed by atoms with van der Waals surface area (Å²) in [6, 6.07) is 9.05. The minimum Gasteiger partial charge on any atom is -0.327 e. The monoisotopic (exact) mass is 230 g/mol. The second-order valence-corrected chi connectivity index (χ2v) is 4.37. The van der Waals surface area contributed by atoms with E-state index in [0.717, 1.165) is 13.1 Å². The van der Waals surface area contributed by atoms with Crippen LogP contribution in [-0.4, -0.2) is 25.5 Å². The van der Waals surface area contributed by atoms with Crippen molar-refractivity contribution in [2.45, 2.75) is 12.8 Å². The zero-order valence-electron chi connectivity index (χ0n) is 9.70. The van der Waals surface area contributed by atoms with Crippen molar-refractivity contribution in [3.63, 3.8) is 0 Å². The van der Waals surface area contributed by atoms with E-state index < -0.39 is 0 Å². The summed E-state index contributed by atoms with van der Waals surface area (Å²) in [5, 5.41) is 11.6. The molecule has 0 spiro atoms. The summed E-state index contributed by atoms with van der Waals surface area (Å²) in [6.45, 7) is 2.70. The molecule has 1 saturated heterocycles. The summed E-state index contributed by atoms with van der Waals surface area (Å²) in [5.74, 6) is 0.0250. The Hall–Kier alpha value is -1.86. The quantitative estimate of drug-likeness (QED) is 0.778. The van der Waals surface area contributed by atoms with Gasteiger partial charge in [0.25, 0.3) is 5.91 Å². The lowest BCUT2D eigenvalue weighted by Crippen LogP contribution is -3.11.